The predicted molar refractivity (Wildman–Crippen MR) is 80.0 cm³/mol. The molecule has 7 nitrogen and oxygen atoms in total. The number of cyclic esters (lactones) is 1. The van der Waals surface area contributed by atoms with Crippen LogP contribution in [0.1, 0.15) is 11.3 Å². The van der Waals surface area contributed by atoms with Gasteiger partial charge in [0, 0.05) is 23.9 Å². The van der Waals surface area contributed by atoms with Gasteiger partial charge in [0.25, 0.3) is 0 Å². The maximum absolute atomic E-state index is 12.4. The number of nitrogens with one attached hydrogen (secondary N) is 1. The third-order valence-electron chi connectivity index (χ3n) is 3.97. The van der Waals surface area contributed by atoms with Crippen molar-refractivity contribution in [1.82, 2.24) is 20.2 Å². The normalized spacial score (nSPS) is 19.2. The molecule has 4 rings (SSSR count). The van der Waals surface area contributed by atoms with Gasteiger partial charge in [0.05, 0.1) is 12.2 Å². The highest BCUT2D eigenvalue weighted by Crippen LogP contribution is 2.24. The lowest BCUT2D eigenvalue weighted by atomic mass is 10.2. The van der Waals surface area contributed by atoms with Crippen LogP contribution in [0.15, 0.2) is 36.5 Å². The molecule has 1 saturated heterocycles. The molecule has 2 amide bonds. The number of carbonyl (C=O) groups excluding carboxylic acids is 2. The lowest BCUT2D eigenvalue weighted by Gasteiger charge is -2.17. The summed E-state index contributed by atoms with van der Waals surface area (Å²) in [5.74, 6) is 0.492. The lowest BCUT2D eigenvalue weighted by molar-refractivity contribution is -0.133. The maximum Gasteiger partial charge on any atom is 0.407 e. The fourth-order valence-corrected chi connectivity index (χ4v) is 2.77. The molecule has 0 radical (unpaired) electrons. The van der Waals surface area contributed by atoms with E-state index in [-0.39, 0.29) is 12.5 Å². The summed E-state index contributed by atoms with van der Waals surface area (Å²) in [6.07, 6.45) is 1.22. The van der Waals surface area contributed by atoms with Crippen molar-refractivity contribution < 1.29 is 14.3 Å². The van der Waals surface area contributed by atoms with E-state index in [1.54, 1.807) is 11.1 Å². The van der Waals surface area contributed by atoms with E-state index in [1.165, 1.54) is 0 Å². The molecular weight excluding hydrogens is 296 g/mol. The number of ether oxygens (including phenoxy) is 1. The number of rotatable bonds is 2. The van der Waals surface area contributed by atoms with Gasteiger partial charge in [-0.1, -0.05) is 30.3 Å². The first-order chi connectivity index (χ1) is 11.2. The molecule has 3 heterocycles. The molecular formula is C16H14N4O3. The summed E-state index contributed by atoms with van der Waals surface area (Å²) in [4.78, 5) is 34.1. The molecule has 2 aliphatic heterocycles. The van der Waals surface area contributed by atoms with Crippen LogP contribution in [0.25, 0.3) is 11.4 Å². The number of hydrogen-bond acceptors (Lipinski definition) is 5. The van der Waals surface area contributed by atoms with Gasteiger partial charge in [-0.2, -0.15) is 0 Å². The maximum atomic E-state index is 12.4. The molecule has 116 valence electrons. The molecule has 1 N–H and O–H groups in total. The van der Waals surface area contributed by atoms with Crippen molar-refractivity contribution in [3.05, 3.63) is 47.8 Å². The van der Waals surface area contributed by atoms with E-state index >= 15 is 0 Å². The minimum Gasteiger partial charge on any atom is -0.447 e. The molecule has 1 unspecified atom stereocenters. The molecule has 2 aromatic rings. The highest BCUT2D eigenvalue weighted by molar-refractivity contribution is 5.88. The fraction of sp³-hybridized carbons (Fsp3) is 0.250. The minimum absolute atomic E-state index is 0.0749. The van der Waals surface area contributed by atoms with Crippen molar-refractivity contribution in [2.75, 3.05) is 6.61 Å². The smallest absolute Gasteiger partial charge is 0.407 e. The Bertz CT molecular complexity index is 778. The summed E-state index contributed by atoms with van der Waals surface area (Å²) in [7, 11) is 0. The highest BCUT2D eigenvalue weighted by atomic mass is 16.6. The van der Waals surface area contributed by atoms with E-state index in [2.05, 4.69) is 15.3 Å². The van der Waals surface area contributed by atoms with Crippen LogP contribution in [0, 0.1) is 0 Å². The first kappa shape index (κ1) is 13.7. The first-order valence-corrected chi connectivity index (χ1v) is 7.33. The standard InChI is InChI=1S/C16H14N4O3/c21-15(13-9-23-16(22)19-13)20-7-11-6-17-14(18-12(11)8-20)10-4-2-1-3-5-10/h1-6,13H,7-9H2,(H,19,22). The Kier molecular flexibility index (Phi) is 3.18. The lowest BCUT2D eigenvalue weighted by Crippen LogP contribution is -2.43. The van der Waals surface area contributed by atoms with Gasteiger partial charge in [0.15, 0.2) is 5.82 Å². The monoisotopic (exact) mass is 310 g/mol. The summed E-state index contributed by atoms with van der Waals surface area (Å²) in [6, 6.07) is 9.10. The van der Waals surface area contributed by atoms with Crippen molar-refractivity contribution in [2.24, 2.45) is 0 Å². The van der Waals surface area contributed by atoms with Gasteiger partial charge in [-0.25, -0.2) is 14.8 Å². The second kappa shape index (κ2) is 5.35. The van der Waals surface area contributed by atoms with Crippen LogP contribution in [0.2, 0.25) is 0 Å². The zero-order chi connectivity index (χ0) is 15.8. The van der Waals surface area contributed by atoms with Crippen LogP contribution in [0.3, 0.4) is 0 Å². The molecule has 23 heavy (non-hydrogen) atoms. The summed E-state index contributed by atoms with van der Waals surface area (Å²) in [5.41, 5.74) is 2.72. The number of amides is 2. The molecule has 7 heteroatoms. The Morgan fingerprint density at radius 1 is 1.26 bits per heavy atom. The van der Waals surface area contributed by atoms with Gasteiger partial charge in [-0.15, -0.1) is 0 Å². The van der Waals surface area contributed by atoms with Crippen LogP contribution in [0.4, 0.5) is 4.79 Å². The summed E-state index contributed by atoms with van der Waals surface area (Å²) in [5, 5.41) is 2.51. The molecule has 0 saturated carbocycles. The molecule has 0 spiro atoms. The molecule has 1 fully saturated rings. The Morgan fingerprint density at radius 3 is 2.83 bits per heavy atom. The van der Waals surface area contributed by atoms with Gasteiger partial charge in [-0.3, -0.25) is 4.79 Å². The SMILES string of the molecule is O=C1NC(C(=O)N2Cc3cnc(-c4ccccc4)nc3C2)CO1. The van der Waals surface area contributed by atoms with Gasteiger partial charge in [0.2, 0.25) is 5.91 Å². The number of carbonyl (C=O) groups is 2. The van der Waals surface area contributed by atoms with Crippen LogP contribution in [-0.4, -0.2) is 39.5 Å². The van der Waals surface area contributed by atoms with E-state index in [4.69, 9.17) is 4.74 Å². The highest BCUT2D eigenvalue weighted by Gasteiger charge is 2.35. The average Bonchev–Trinajstić information content (AvgIpc) is 3.20. The largest absolute Gasteiger partial charge is 0.447 e. The van der Waals surface area contributed by atoms with Crippen molar-refractivity contribution in [2.45, 2.75) is 19.1 Å². The second-order valence-electron chi connectivity index (χ2n) is 5.52. The summed E-state index contributed by atoms with van der Waals surface area (Å²) < 4.78 is 4.77. The number of nitrogens with zero attached hydrogens (tertiary/aromatic N) is 3. The summed E-state index contributed by atoms with van der Waals surface area (Å²) >= 11 is 0. The number of alkyl carbamates (subject to hydrolysis) is 1. The molecule has 0 bridgehead atoms. The van der Waals surface area contributed by atoms with Gasteiger partial charge in [0.1, 0.15) is 12.6 Å². The topological polar surface area (TPSA) is 84.4 Å². The molecule has 1 aromatic heterocycles. The molecule has 1 aromatic carbocycles. The zero-order valence-corrected chi connectivity index (χ0v) is 12.2. The Hall–Kier alpha value is -2.96. The molecule has 1 atom stereocenters. The van der Waals surface area contributed by atoms with E-state index in [0.29, 0.717) is 18.9 Å². The van der Waals surface area contributed by atoms with Gasteiger partial charge in [-0.05, 0) is 0 Å². The van der Waals surface area contributed by atoms with E-state index in [1.807, 2.05) is 30.3 Å². The number of benzene rings is 1. The van der Waals surface area contributed by atoms with E-state index in [9.17, 15) is 9.59 Å². The quantitative estimate of drug-likeness (QED) is 0.897. The first-order valence-electron chi connectivity index (χ1n) is 7.33. The third-order valence-corrected chi connectivity index (χ3v) is 3.97. The van der Waals surface area contributed by atoms with Gasteiger partial charge < -0.3 is 15.0 Å². The summed E-state index contributed by atoms with van der Waals surface area (Å²) in [6.45, 7) is 0.948. The van der Waals surface area contributed by atoms with E-state index in [0.717, 1.165) is 16.8 Å². The van der Waals surface area contributed by atoms with Crippen LogP contribution < -0.4 is 5.32 Å². The number of hydrogen-bond donors (Lipinski definition) is 1. The third kappa shape index (κ3) is 2.50. The van der Waals surface area contributed by atoms with Crippen molar-refractivity contribution >= 4 is 12.0 Å². The fourth-order valence-electron chi connectivity index (χ4n) is 2.77. The zero-order valence-electron chi connectivity index (χ0n) is 12.2. The van der Waals surface area contributed by atoms with Crippen molar-refractivity contribution in [3.8, 4) is 11.4 Å². The average molecular weight is 310 g/mol. The Labute approximate surface area is 132 Å². The number of aromatic nitrogens is 2. The molecule has 0 aliphatic carbocycles. The molecule has 2 aliphatic rings. The number of fused-ring (bicyclic) bond motifs is 1. The Morgan fingerprint density at radius 2 is 2.09 bits per heavy atom. The van der Waals surface area contributed by atoms with Crippen LogP contribution in [0.5, 0.6) is 0 Å². The van der Waals surface area contributed by atoms with E-state index < -0.39 is 12.1 Å². The predicted octanol–water partition coefficient (Wildman–Crippen LogP) is 1.09. The second-order valence-corrected chi connectivity index (χ2v) is 5.52. The van der Waals surface area contributed by atoms with Gasteiger partial charge >= 0.3 is 6.09 Å². The van der Waals surface area contributed by atoms with Crippen molar-refractivity contribution in [1.29, 1.82) is 0 Å². The van der Waals surface area contributed by atoms with Crippen molar-refractivity contribution in [3.63, 3.8) is 0 Å². The van der Waals surface area contributed by atoms with Crippen LogP contribution >= 0.6 is 0 Å². The Balaban J connectivity index is 1.53. The minimum atomic E-state index is -0.613. The van der Waals surface area contributed by atoms with Crippen LogP contribution in [-0.2, 0) is 22.6 Å².